The SMILES string of the molecule is CCCc1nc(NCC)c(C)c(NCCN2CCCC2)n1. The van der Waals surface area contributed by atoms with Gasteiger partial charge in [0.2, 0.25) is 0 Å². The summed E-state index contributed by atoms with van der Waals surface area (Å²) in [6, 6.07) is 0. The third-order valence-corrected chi connectivity index (χ3v) is 3.93. The van der Waals surface area contributed by atoms with Gasteiger partial charge in [0.25, 0.3) is 0 Å². The minimum Gasteiger partial charge on any atom is -0.370 e. The first-order chi connectivity index (χ1) is 10.2. The van der Waals surface area contributed by atoms with Crippen LogP contribution in [0.2, 0.25) is 0 Å². The lowest BCUT2D eigenvalue weighted by atomic mass is 10.2. The summed E-state index contributed by atoms with van der Waals surface area (Å²) in [5.74, 6) is 2.89. The molecule has 21 heavy (non-hydrogen) atoms. The molecule has 0 spiro atoms. The Bertz CT molecular complexity index is 441. The van der Waals surface area contributed by atoms with Crippen LogP contribution in [0.25, 0.3) is 0 Å². The lowest BCUT2D eigenvalue weighted by Crippen LogP contribution is -2.26. The maximum Gasteiger partial charge on any atom is 0.134 e. The summed E-state index contributed by atoms with van der Waals surface area (Å²) < 4.78 is 0. The number of anilines is 2. The van der Waals surface area contributed by atoms with Crippen LogP contribution in [0.15, 0.2) is 0 Å². The first kappa shape index (κ1) is 16.0. The maximum atomic E-state index is 4.69. The summed E-state index contributed by atoms with van der Waals surface area (Å²) in [4.78, 5) is 11.8. The summed E-state index contributed by atoms with van der Waals surface area (Å²) >= 11 is 0. The largest absolute Gasteiger partial charge is 0.370 e. The van der Waals surface area contributed by atoms with Gasteiger partial charge in [0, 0.05) is 31.6 Å². The molecule has 0 atom stereocenters. The molecular weight excluding hydrogens is 262 g/mol. The van der Waals surface area contributed by atoms with E-state index in [0.717, 1.165) is 55.5 Å². The van der Waals surface area contributed by atoms with E-state index in [4.69, 9.17) is 0 Å². The Hall–Kier alpha value is -1.36. The Balaban J connectivity index is 2.01. The third kappa shape index (κ3) is 4.56. The number of likely N-dealkylation sites (tertiary alicyclic amines) is 1. The standard InChI is InChI=1S/C16H29N5/c1-4-8-14-19-15(17-5-2)13(3)16(20-14)18-9-12-21-10-6-7-11-21/h4-12H2,1-3H3,(H2,17,18,19,20). The topological polar surface area (TPSA) is 53.1 Å². The van der Waals surface area contributed by atoms with E-state index < -0.39 is 0 Å². The lowest BCUT2D eigenvalue weighted by Gasteiger charge is -2.17. The minimum atomic E-state index is 0.886. The van der Waals surface area contributed by atoms with Crippen molar-refractivity contribution in [2.45, 2.75) is 46.5 Å². The predicted octanol–water partition coefficient (Wildman–Crippen LogP) is 2.68. The van der Waals surface area contributed by atoms with Gasteiger partial charge < -0.3 is 15.5 Å². The van der Waals surface area contributed by atoms with E-state index in [1.807, 2.05) is 0 Å². The molecule has 2 heterocycles. The Labute approximate surface area is 128 Å². The minimum absolute atomic E-state index is 0.886. The normalized spacial score (nSPS) is 15.4. The van der Waals surface area contributed by atoms with E-state index in [2.05, 4.69) is 46.3 Å². The fourth-order valence-electron chi connectivity index (χ4n) is 2.75. The molecule has 0 radical (unpaired) electrons. The average Bonchev–Trinajstić information content (AvgIpc) is 2.97. The van der Waals surface area contributed by atoms with Crippen molar-refractivity contribution >= 4 is 11.6 Å². The highest BCUT2D eigenvalue weighted by Crippen LogP contribution is 2.20. The van der Waals surface area contributed by atoms with Crippen LogP contribution in [-0.2, 0) is 6.42 Å². The number of nitrogens with zero attached hydrogens (tertiary/aromatic N) is 3. The number of rotatable bonds is 8. The van der Waals surface area contributed by atoms with E-state index in [0.29, 0.717) is 0 Å². The summed E-state index contributed by atoms with van der Waals surface area (Å²) in [6.45, 7) is 11.8. The molecule has 1 aromatic rings. The van der Waals surface area contributed by atoms with Crippen molar-refractivity contribution in [2.24, 2.45) is 0 Å². The van der Waals surface area contributed by atoms with Gasteiger partial charge >= 0.3 is 0 Å². The van der Waals surface area contributed by atoms with Gasteiger partial charge in [-0.25, -0.2) is 9.97 Å². The smallest absolute Gasteiger partial charge is 0.134 e. The van der Waals surface area contributed by atoms with Crippen molar-refractivity contribution in [1.29, 1.82) is 0 Å². The van der Waals surface area contributed by atoms with E-state index in [-0.39, 0.29) is 0 Å². The van der Waals surface area contributed by atoms with Crippen molar-refractivity contribution in [2.75, 3.05) is 43.4 Å². The Morgan fingerprint density at radius 3 is 2.33 bits per heavy atom. The second kappa shape index (κ2) is 8.17. The zero-order valence-electron chi connectivity index (χ0n) is 13.7. The maximum absolute atomic E-state index is 4.69. The second-order valence-electron chi connectivity index (χ2n) is 5.72. The Kier molecular flexibility index (Phi) is 6.23. The highest BCUT2D eigenvalue weighted by Gasteiger charge is 2.12. The Morgan fingerprint density at radius 2 is 1.71 bits per heavy atom. The van der Waals surface area contributed by atoms with Crippen molar-refractivity contribution in [3.63, 3.8) is 0 Å². The zero-order valence-corrected chi connectivity index (χ0v) is 13.7. The number of hydrogen-bond acceptors (Lipinski definition) is 5. The van der Waals surface area contributed by atoms with E-state index in [1.54, 1.807) is 0 Å². The quantitative estimate of drug-likeness (QED) is 0.771. The van der Waals surface area contributed by atoms with Gasteiger partial charge in [0.1, 0.15) is 17.5 Å². The van der Waals surface area contributed by atoms with Crippen molar-refractivity contribution < 1.29 is 0 Å². The van der Waals surface area contributed by atoms with Crippen LogP contribution in [0.4, 0.5) is 11.6 Å². The number of nitrogens with one attached hydrogen (secondary N) is 2. The van der Waals surface area contributed by atoms with Crippen LogP contribution < -0.4 is 10.6 Å². The fourth-order valence-corrected chi connectivity index (χ4v) is 2.75. The summed E-state index contributed by atoms with van der Waals surface area (Å²) in [6.07, 6.45) is 4.69. The fraction of sp³-hybridized carbons (Fsp3) is 0.750. The lowest BCUT2D eigenvalue weighted by molar-refractivity contribution is 0.352. The molecule has 1 aliphatic rings. The monoisotopic (exact) mass is 291 g/mol. The molecule has 0 bridgehead atoms. The molecule has 1 fully saturated rings. The first-order valence-electron chi connectivity index (χ1n) is 8.32. The molecular formula is C16H29N5. The van der Waals surface area contributed by atoms with Gasteiger partial charge in [-0.15, -0.1) is 0 Å². The van der Waals surface area contributed by atoms with Crippen LogP contribution in [0.1, 0.15) is 44.5 Å². The van der Waals surface area contributed by atoms with Crippen LogP contribution >= 0.6 is 0 Å². The van der Waals surface area contributed by atoms with Gasteiger partial charge in [0.05, 0.1) is 0 Å². The molecule has 5 nitrogen and oxygen atoms in total. The van der Waals surface area contributed by atoms with E-state index >= 15 is 0 Å². The third-order valence-electron chi connectivity index (χ3n) is 3.93. The zero-order chi connectivity index (χ0) is 15.1. The summed E-state index contributed by atoms with van der Waals surface area (Å²) in [5.41, 5.74) is 1.12. The molecule has 0 saturated carbocycles. The van der Waals surface area contributed by atoms with E-state index in [9.17, 15) is 0 Å². The molecule has 118 valence electrons. The van der Waals surface area contributed by atoms with Gasteiger partial charge in [-0.2, -0.15) is 0 Å². The first-order valence-corrected chi connectivity index (χ1v) is 8.32. The van der Waals surface area contributed by atoms with Crippen molar-refractivity contribution in [3.8, 4) is 0 Å². The molecule has 0 aliphatic carbocycles. The second-order valence-corrected chi connectivity index (χ2v) is 5.72. The van der Waals surface area contributed by atoms with Gasteiger partial charge in [-0.1, -0.05) is 6.92 Å². The molecule has 1 aliphatic heterocycles. The average molecular weight is 291 g/mol. The molecule has 0 aromatic carbocycles. The molecule has 1 aromatic heterocycles. The molecule has 5 heteroatoms. The number of aryl methyl sites for hydroxylation is 1. The van der Waals surface area contributed by atoms with Crippen LogP contribution in [0.3, 0.4) is 0 Å². The van der Waals surface area contributed by atoms with Crippen LogP contribution in [-0.4, -0.2) is 47.6 Å². The molecule has 0 amide bonds. The molecule has 2 N–H and O–H groups in total. The Morgan fingerprint density at radius 1 is 1.05 bits per heavy atom. The molecule has 1 saturated heterocycles. The highest BCUT2D eigenvalue weighted by molar-refractivity contribution is 5.57. The van der Waals surface area contributed by atoms with Crippen LogP contribution in [0, 0.1) is 6.92 Å². The van der Waals surface area contributed by atoms with Crippen LogP contribution in [0.5, 0.6) is 0 Å². The van der Waals surface area contributed by atoms with Gasteiger partial charge in [-0.05, 0) is 46.2 Å². The number of hydrogen-bond donors (Lipinski definition) is 2. The van der Waals surface area contributed by atoms with Crippen molar-refractivity contribution in [3.05, 3.63) is 11.4 Å². The van der Waals surface area contributed by atoms with Crippen molar-refractivity contribution in [1.82, 2.24) is 14.9 Å². The number of aromatic nitrogens is 2. The predicted molar refractivity (Wildman–Crippen MR) is 89.1 cm³/mol. The van der Waals surface area contributed by atoms with Gasteiger partial charge in [-0.3, -0.25) is 0 Å². The molecule has 2 rings (SSSR count). The highest BCUT2D eigenvalue weighted by atomic mass is 15.2. The summed E-state index contributed by atoms with van der Waals surface area (Å²) in [7, 11) is 0. The summed E-state index contributed by atoms with van der Waals surface area (Å²) in [5, 5.41) is 6.85. The molecule has 0 unspecified atom stereocenters. The van der Waals surface area contributed by atoms with E-state index in [1.165, 1.54) is 25.9 Å². The van der Waals surface area contributed by atoms with Gasteiger partial charge in [0.15, 0.2) is 0 Å².